The maximum Gasteiger partial charge on any atom is 0.0532 e. The zero-order valence-electron chi connectivity index (χ0n) is 6.73. The first kappa shape index (κ1) is 8.41. The second-order valence-electron chi connectivity index (χ2n) is 2.75. The van der Waals surface area contributed by atoms with Gasteiger partial charge < -0.3 is 5.32 Å². The molecule has 60 valence electrons. The van der Waals surface area contributed by atoms with Crippen molar-refractivity contribution < 1.29 is 0 Å². The number of hydrogen-bond acceptors (Lipinski definition) is 2. The van der Waals surface area contributed by atoms with Gasteiger partial charge in [0.2, 0.25) is 0 Å². The SMILES string of the molecule is CCSC1CCCCCN1. The van der Waals surface area contributed by atoms with Crippen LogP contribution in [-0.2, 0) is 0 Å². The number of nitrogens with one attached hydrogen (secondary N) is 1. The quantitative estimate of drug-likeness (QED) is 0.663. The van der Waals surface area contributed by atoms with Crippen LogP contribution >= 0.6 is 11.8 Å². The van der Waals surface area contributed by atoms with Crippen molar-refractivity contribution in [3.63, 3.8) is 0 Å². The molecule has 1 saturated heterocycles. The minimum atomic E-state index is 0.757. The topological polar surface area (TPSA) is 12.0 Å². The van der Waals surface area contributed by atoms with E-state index >= 15 is 0 Å². The fourth-order valence-electron chi connectivity index (χ4n) is 1.34. The first-order valence-corrected chi connectivity index (χ1v) is 5.33. The van der Waals surface area contributed by atoms with Gasteiger partial charge in [-0.25, -0.2) is 0 Å². The van der Waals surface area contributed by atoms with Crippen LogP contribution in [0.3, 0.4) is 0 Å². The van der Waals surface area contributed by atoms with Crippen molar-refractivity contribution in [3.8, 4) is 0 Å². The summed E-state index contributed by atoms with van der Waals surface area (Å²) >= 11 is 2.05. The molecule has 1 fully saturated rings. The van der Waals surface area contributed by atoms with E-state index in [1.54, 1.807) is 0 Å². The van der Waals surface area contributed by atoms with Crippen molar-refractivity contribution in [3.05, 3.63) is 0 Å². The van der Waals surface area contributed by atoms with Gasteiger partial charge in [0.1, 0.15) is 0 Å². The zero-order chi connectivity index (χ0) is 7.23. The highest BCUT2D eigenvalue weighted by atomic mass is 32.2. The molecule has 1 rings (SSSR count). The van der Waals surface area contributed by atoms with Crippen LogP contribution in [0.15, 0.2) is 0 Å². The summed E-state index contributed by atoms with van der Waals surface area (Å²) in [5, 5.41) is 4.30. The van der Waals surface area contributed by atoms with Crippen LogP contribution in [0, 0.1) is 0 Å². The Morgan fingerprint density at radius 2 is 2.30 bits per heavy atom. The van der Waals surface area contributed by atoms with Gasteiger partial charge in [-0.15, -0.1) is 11.8 Å². The van der Waals surface area contributed by atoms with Crippen LogP contribution in [0.25, 0.3) is 0 Å². The summed E-state index contributed by atoms with van der Waals surface area (Å²) in [6.07, 6.45) is 5.59. The van der Waals surface area contributed by atoms with Gasteiger partial charge in [0.25, 0.3) is 0 Å². The Labute approximate surface area is 68.0 Å². The van der Waals surface area contributed by atoms with E-state index in [4.69, 9.17) is 0 Å². The molecule has 0 saturated carbocycles. The molecule has 0 radical (unpaired) electrons. The van der Waals surface area contributed by atoms with E-state index in [-0.39, 0.29) is 0 Å². The van der Waals surface area contributed by atoms with Gasteiger partial charge in [-0.3, -0.25) is 0 Å². The fourth-order valence-corrected chi connectivity index (χ4v) is 2.31. The molecule has 1 heterocycles. The lowest BCUT2D eigenvalue weighted by Crippen LogP contribution is -2.24. The summed E-state index contributed by atoms with van der Waals surface area (Å²) < 4.78 is 0. The average Bonchev–Trinajstić information content (AvgIpc) is 2.17. The fraction of sp³-hybridized carbons (Fsp3) is 1.00. The molecule has 1 aliphatic rings. The van der Waals surface area contributed by atoms with Crippen molar-refractivity contribution in [2.75, 3.05) is 12.3 Å². The van der Waals surface area contributed by atoms with E-state index in [9.17, 15) is 0 Å². The third-order valence-electron chi connectivity index (χ3n) is 1.88. The molecule has 0 aliphatic carbocycles. The van der Waals surface area contributed by atoms with Gasteiger partial charge in [0, 0.05) is 0 Å². The summed E-state index contributed by atoms with van der Waals surface area (Å²) in [6, 6.07) is 0. The van der Waals surface area contributed by atoms with Gasteiger partial charge in [-0.2, -0.15) is 0 Å². The third-order valence-corrected chi connectivity index (χ3v) is 3.02. The Hall–Kier alpha value is 0.310. The Kier molecular flexibility index (Phi) is 4.23. The molecular weight excluding hydrogens is 142 g/mol. The lowest BCUT2D eigenvalue weighted by Gasteiger charge is -2.12. The predicted molar refractivity (Wildman–Crippen MR) is 48.4 cm³/mol. The van der Waals surface area contributed by atoms with Gasteiger partial charge in [-0.1, -0.05) is 19.8 Å². The minimum absolute atomic E-state index is 0.757. The highest BCUT2D eigenvalue weighted by molar-refractivity contribution is 7.99. The first-order valence-electron chi connectivity index (χ1n) is 4.28. The normalized spacial score (nSPS) is 27.9. The standard InChI is InChI=1S/C8H17NS/c1-2-10-8-6-4-3-5-7-9-8/h8-9H,2-7H2,1H3. The van der Waals surface area contributed by atoms with E-state index in [0.29, 0.717) is 0 Å². The molecule has 1 aliphatic heterocycles. The van der Waals surface area contributed by atoms with Gasteiger partial charge in [0.15, 0.2) is 0 Å². The first-order chi connectivity index (χ1) is 4.93. The second-order valence-corrected chi connectivity index (χ2v) is 4.23. The number of rotatable bonds is 2. The van der Waals surface area contributed by atoms with E-state index in [1.165, 1.54) is 38.0 Å². The zero-order valence-corrected chi connectivity index (χ0v) is 7.54. The smallest absolute Gasteiger partial charge is 0.0532 e. The van der Waals surface area contributed by atoms with Crippen LogP contribution in [0.2, 0.25) is 0 Å². The Bertz CT molecular complexity index is 77.3. The summed E-state index contributed by atoms with van der Waals surface area (Å²) in [7, 11) is 0. The maximum absolute atomic E-state index is 3.55. The highest BCUT2D eigenvalue weighted by Crippen LogP contribution is 2.17. The van der Waals surface area contributed by atoms with E-state index in [0.717, 1.165) is 5.37 Å². The maximum atomic E-state index is 3.55. The number of hydrogen-bond donors (Lipinski definition) is 1. The molecule has 0 aromatic heterocycles. The summed E-state index contributed by atoms with van der Waals surface area (Å²) in [4.78, 5) is 0. The predicted octanol–water partition coefficient (Wildman–Crippen LogP) is 2.23. The molecule has 0 aromatic carbocycles. The lowest BCUT2D eigenvalue weighted by atomic mass is 10.2. The van der Waals surface area contributed by atoms with Gasteiger partial charge in [-0.05, 0) is 25.1 Å². The Morgan fingerprint density at radius 3 is 3.10 bits per heavy atom. The molecular formula is C8H17NS. The molecule has 0 aromatic rings. The molecule has 0 bridgehead atoms. The van der Waals surface area contributed by atoms with Crippen LogP contribution in [0.1, 0.15) is 32.6 Å². The Balaban J connectivity index is 2.15. The average molecular weight is 159 g/mol. The summed E-state index contributed by atoms with van der Waals surface area (Å²) in [5.41, 5.74) is 0. The van der Waals surface area contributed by atoms with E-state index in [2.05, 4.69) is 24.0 Å². The van der Waals surface area contributed by atoms with Crippen molar-refractivity contribution in [2.45, 2.75) is 38.0 Å². The molecule has 2 heteroatoms. The van der Waals surface area contributed by atoms with E-state index < -0.39 is 0 Å². The third kappa shape index (κ3) is 2.93. The minimum Gasteiger partial charge on any atom is -0.305 e. The summed E-state index contributed by atoms with van der Waals surface area (Å²) in [6.45, 7) is 3.47. The second kappa shape index (κ2) is 5.03. The van der Waals surface area contributed by atoms with Crippen molar-refractivity contribution in [1.29, 1.82) is 0 Å². The molecule has 10 heavy (non-hydrogen) atoms. The van der Waals surface area contributed by atoms with Gasteiger partial charge in [0.05, 0.1) is 5.37 Å². The van der Waals surface area contributed by atoms with E-state index in [1.807, 2.05) is 0 Å². The molecule has 0 spiro atoms. The van der Waals surface area contributed by atoms with Gasteiger partial charge >= 0.3 is 0 Å². The van der Waals surface area contributed by atoms with Crippen LogP contribution in [-0.4, -0.2) is 17.7 Å². The lowest BCUT2D eigenvalue weighted by molar-refractivity contribution is 0.658. The molecule has 0 amide bonds. The largest absolute Gasteiger partial charge is 0.305 e. The van der Waals surface area contributed by atoms with Crippen LogP contribution in [0.5, 0.6) is 0 Å². The van der Waals surface area contributed by atoms with Crippen molar-refractivity contribution in [2.24, 2.45) is 0 Å². The molecule has 1 unspecified atom stereocenters. The molecule has 1 nitrogen and oxygen atoms in total. The molecule has 1 atom stereocenters. The molecule has 1 N–H and O–H groups in total. The summed E-state index contributed by atoms with van der Waals surface area (Å²) in [5.74, 6) is 1.25. The monoisotopic (exact) mass is 159 g/mol. The van der Waals surface area contributed by atoms with Crippen molar-refractivity contribution >= 4 is 11.8 Å². The number of thioether (sulfide) groups is 1. The van der Waals surface area contributed by atoms with Crippen molar-refractivity contribution in [1.82, 2.24) is 5.32 Å². The highest BCUT2D eigenvalue weighted by Gasteiger charge is 2.09. The Morgan fingerprint density at radius 1 is 1.40 bits per heavy atom. The van der Waals surface area contributed by atoms with Crippen LogP contribution in [0.4, 0.5) is 0 Å². The van der Waals surface area contributed by atoms with Crippen LogP contribution < -0.4 is 5.32 Å².